The summed E-state index contributed by atoms with van der Waals surface area (Å²) in [5.41, 5.74) is 0. The van der Waals surface area contributed by atoms with Gasteiger partial charge in [0.25, 0.3) is 0 Å². The Labute approximate surface area is 102 Å². The van der Waals surface area contributed by atoms with Gasteiger partial charge in [0, 0.05) is 32.0 Å². The Morgan fingerprint density at radius 1 is 1.06 bits per heavy atom. The van der Waals surface area contributed by atoms with Gasteiger partial charge in [-0.25, -0.2) is 0 Å². The molecule has 0 N–H and O–H groups in total. The van der Waals surface area contributed by atoms with E-state index in [1.807, 2.05) is 0 Å². The van der Waals surface area contributed by atoms with Crippen molar-refractivity contribution in [1.29, 1.82) is 0 Å². The van der Waals surface area contributed by atoms with Crippen molar-refractivity contribution >= 4 is 0 Å². The van der Waals surface area contributed by atoms with Gasteiger partial charge in [0.15, 0.2) is 12.1 Å². The van der Waals surface area contributed by atoms with Crippen LogP contribution in [0.25, 0.3) is 0 Å². The van der Waals surface area contributed by atoms with Gasteiger partial charge in [0.1, 0.15) is 0 Å². The number of ether oxygens (including phenoxy) is 4. The lowest BCUT2D eigenvalue weighted by molar-refractivity contribution is -0.238. The number of hydrogen-bond acceptors (Lipinski definition) is 4. The van der Waals surface area contributed by atoms with Crippen LogP contribution in [0.2, 0.25) is 0 Å². The molecule has 4 atom stereocenters. The molecule has 1 saturated heterocycles. The molecule has 3 rings (SSSR count). The maximum atomic E-state index is 5.70. The van der Waals surface area contributed by atoms with Crippen molar-refractivity contribution in [3.05, 3.63) is 12.2 Å². The van der Waals surface area contributed by atoms with E-state index in [1.54, 1.807) is 14.2 Å². The zero-order chi connectivity index (χ0) is 12.0. The van der Waals surface area contributed by atoms with E-state index in [0.717, 1.165) is 0 Å². The Bertz CT molecular complexity index is 317. The van der Waals surface area contributed by atoms with Crippen molar-refractivity contribution in [3.8, 4) is 0 Å². The number of methoxy groups -OCH3 is 2. The fraction of sp³-hybridized carbons (Fsp3) is 0.846. The molecule has 0 aromatic rings. The van der Waals surface area contributed by atoms with Crippen LogP contribution in [-0.4, -0.2) is 39.5 Å². The Morgan fingerprint density at radius 2 is 1.65 bits per heavy atom. The Balaban J connectivity index is 1.90. The van der Waals surface area contributed by atoms with Gasteiger partial charge in [-0.3, -0.25) is 0 Å². The summed E-state index contributed by atoms with van der Waals surface area (Å²) >= 11 is 0. The van der Waals surface area contributed by atoms with Gasteiger partial charge < -0.3 is 18.9 Å². The Hall–Kier alpha value is -0.420. The van der Waals surface area contributed by atoms with Gasteiger partial charge in [-0.15, -0.1) is 0 Å². The average Bonchev–Trinajstić information content (AvgIpc) is 3.01. The summed E-state index contributed by atoms with van der Waals surface area (Å²) < 4.78 is 22.7. The summed E-state index contributed by atoms with van der Waals surface area (Å²) in [6, 6.07) is 0. The van der Waals surface area contributed by atoms with Crippen LogP contribution in [0.15, 0.2) is 12.2 Å². The maximum Gasteiger partial charge on any atom is 0.180 e. The van der Waals surface area contributed by atoms with Gasteiger partial charge in [-0.05, 0) is 5.92 Å². The second-order valence-corrected chi connectivity index (χ2v) is 5.11. The van der Waals surface area contributed by atoms with Gasteiger partial charge in [-0.2, -0.15) is 0 Å². The highest BCUT2D eigenvalue weighted by Gasteiger charge is 2.63. The lowest BCUT2D eigenvalue weighted by Crippen LogP contribution is -2.41. The van der Waals surface area contributed by atoms with E-state index in [4.69, 9.17) is 18.9 Å². The van der Waals surface area contributed by atoms with E-state index in [2.05, 4.69) is 19.1 Å². The van der Waals surface area contributed by atoms with Gasteiger partial charge in [0.05, 0.1) is 13.2 Å². The first kappa shape index (κ1) is 11.7. The monoisotopic (exact) mass is 240 g/mol. The molecule has 0 aromatic heterocycles. The third-order valence-corrected chi connectivity index (χ3v) is 4.64. The number of fused-ring (bicyclic) bond motifs is 2. The zero-order valence-corrected chi connectivity index (χ0v) is 10.6. The molecule has 2 bridgehead atoms. The summed E-state index contributed by atoms with van der Waals surface area (Å²) in [4.78, 5) is 0. The van der Waals surface area contributed by atoms with E-state index >= 15 is 0 Å². The van der Waals surface area contributed by atoms with Crippen LogP contribution in [0.3, 0.4) is 0 Å². The SMILES string of the molecule is COC1(OC)C2C=CC1C(C1OCCO1)C2C. The third-order valence-electron chi connectivity index (χ3n) is 4.64. The zero-order valence-electron chi connectivity index (χ0n) is 10.6. The van der Waals surface area contributed by atoms with Gasteiger partial charge in [0.2, 0.25) is 0 Å². The highest BCUT2D eigenvalue weighted by Crippen LogP contribution is 2.58. The Morgan fingerprint density at radius 3 is 2.18 bits per heavy atom. The van der Waals surface area contributed by atoms with Gasteiger partial charge in [-0.1, -0.05) is 19.1 Å². The summed E-state index contributed by atoms with van der Waals surface area (Å²) in [7, 11) is 3.45. The molecule has 2 aliphatic carbocycles. The summed E-state index contributed by atoms with van der Waals surface area (Å²) in [5.74, 6) is 0.778. The normalized spacial score (nSPS) is 43.7. The van der Waals surface area contributed by atoms with Gasteiger partial charge >= 0.3 is 0 Å². The lowest BCUT2D eigenvalue weighted by atomic mass is 9.84. The first-order chi connectivity index (χ1) is 8.24. The van der Waals surface area contributed by atoms with E-state index in [0.29, 0.717) is 31.0 Å². The molecule has 2 fully saturated rings. The first-order valence-electron chi connectivity index (χ1n) is 6.26. The largest absolute Gasteiger partial charge is 0.352 e. The molecule has 0 spiro atoms. The quantitative estimate of drug-likeness (QED) is 0.552. The van der Waals surface area contributed by atoms with Crippen LogP contribution >= 0.6 is 0 Å². The van der Waals surface area contributed by atoms with E-state index < -0.39 is 5.79 Å². The predicted molar refractivity (Wildman–Crippen MR) is 61.2 cm³/mol. The molecule has 96 valence electrons. The van der Waals surface area contributed by atoms with E-state index in [9.17, 15) is 0 Å². The maximum absolute atomic E-state index is 5.70. The molecule has 3 aliphatic rings. The van der Waals surface area contributed by atoms with Crippen molar-refractivity contribution in [2.24, 2.45) is 23.7 Å². The minimum absolute atomic E-state index is 0.102. The highest BCUT2D eigenvalue weighted by atomic mass is 16.7. The highest BCUT2D eigenvalue weighted by molar-refractivity contribution is 5.22. The van der Waals surface area contributed by atoms with E-state index in [1.165, 1.54) is 0 Å². The fourth-order valence-electron chi connectivity index (χ4n) is 3.88. The number of hydrogen-bond donors (Lipinski definition) is 0. The smallest absolute Gasteiger partial charge is 0.180 e. The molecule has 17 heavy (non-hydrogen) atoms. The molecule has 1 heterocycles. The van der Waals surface area contributed by atoms with Crippen LogP contribution in [0.5, 0.6) is 0 Å². The molecule has 0 radical (unpaired) electrons. The third kappa shape index (κ3) is 1.38. The molecule has 4 nitrogen and oxygen atoms in total. The van der Waals surface area contributed by atoms with Crippen LogP contribution in [0, 0.1) is 23.7 Å². The second-order valence-electron chi connectivity index (χ2n) is 5.11. The second kappa shape index (κ2) is 4.05. The molecule has 4 unspecified atom stereocenters. The molecule has 1 saturated carbocycles. The summed E-state index contributed by atoms with van der Waals surface area (Å²) in [6.07, 6.45) is 4.32. The fourth-order valence-corrected chi connectivity index (χ4v) is 3.88. The van der Waals surface area contributed by atoms with Crippen LogP contribution in [-0.2, 0) is 18.9 Å². The van der Waals surface area contributed by atoms with Crippen molar-refractivity contribution in [1.82, 2.24) is 0 Å². The summed E-state index contributed by atoms with van der Waals surface area (Å²) in [5, 5.41) is 0. The van der Waals surface area contributed by atoms with Crippen molar-refractivity contribution in [2.75, 3.05) is 27.4 Å². The molecule has 1 aliphatic heterocycles. The minimum atomic E-state index is -0.514. The summed E-state index contributed by atoms with van der Waals surface area (Å²) in [6.45, 7) is 3.63. The molecular formula is C13H20O4. The molecule has 0 aromatic carbocycles. The topological polar surface area (TPSA) is 36.9 Å². The lowest BCUT2D eigenvalue weighted by Gasteiger charge is -2.33. The minimum Gasteiger partial charge on any atom is -0.352 e. The van der Waals surface area contributed by atoms with Crippen molar-refractivity contribution in [3.63, 3.8) is 0 Å². The standard InChI is InChI=1S/C13H20O4/c1-8-9-4-5-10(13(9,14-2)15-3)11(8)12-16-6-7-17-12/h4-5,8-12H,6-7H2,1-3H3. The molecule has 4 heteroatoms. The Kier molecular flexibility index (Phi) is 2.78. The van der Waals surface area contributed by atoms with Crippen LogP contribution < -0.4 is 0 Å². The molecular weight excluding hydrogens is 220 g/mol. The number of rotatable bonds is 3. The van der Waals surface area contributed by atoms with Crippen molar-refractivity contribution < 1.29 is 18.9 Å². The van der Waals surface area contributed by atoms with Crippen LogP contribution in [0.1, 0.15) is 6.92 Å². The predicted octanol–water partition coefficient (Wildman–Crippen LogP) is 1.42. The molecule has 0 amide bonds. The van der Waals surface area contributed by atoms with Crippen LogP contribution in [0.4, 0.5) is 0 Å². The average molecular weight is 240 g/mol. The first-order valence-corrected chi connectivity index (χ1v) is 6.26. The van der Waals surface area contributed by atoms with E-state index in [-0.39, 0.29) is 12.2 Å². The van der Waals surface area contributed by atoms with Crippen molar-refractivity contribution in [2.45, 2.75) is 19.0 Å².